The highest BCUT2D eigenvalue weighted by molar-refractivity contribution is 7.89. The van der Waals surface area contributed by atoms with Gasteiger partial charge in [-0.2, -0.15) is 4.31 Å². The maximum absolute atomic E-state index is 13.0. The molecule has 1 aliphatic heterocycles. The molecule has 2 aromatic carbocycles. The lowest BCUT2D eigenvalue weighted by molar-refractivity contribution is 0.384. The van der Waals surface area contributed by atoms with Crippen LogP contribution in [0, 0.1) is 12.7 Å². The monoisotopic (exact) mass is 368 g/mol. The Morgan fingerprint density at radius 3 is 2.25 bits per heavy atom. The Morgan fingerprint density at radius 1 is 1.00 bits per heavy atom. The van der Waals surface area contributed by atoms with E-state index in [0.29, 0.717) is 31.2 Å². The van der Waals surface area contributed by atoms with Crippen molar-refractivity contribution in [2.75, 3.05) is 31.1 Å². The van der Waals surface area contributed by atoms with Crippen LogP contribution >= 0.6 is 11.6 Å². The molecule has 0 radical (unpaired) electrons. The van der Waals surface area contributed by atoms with Crippen LogP contribution in [0.25, 0.3) is 0 Å². The lowest BCUT2D eigenvalue weighted by atomic mass is 10.1. The molecule has 0 N–H and O–H groups in total. The molecule has 0 aliphatic carbocycles. The van der Waals surface area contributed by atoms with Gasteiger partial charge in [-0.25, -0.2) is 12.8 Å². The smallest absolute Gasteiger partial charge is 0.243 e. The number of nitrogens with zero attached hydrogens (tertiary/aromatic N) is 2. The molecule has 1 fully saturated rings. The second kappa shape index (κ2) is 6.70. The van der Waals surface area contributed by atoms with Crippen LogP contribution in [0.3, 0.4) is 0 Å². The number of halogens is 2. The molecule has 0 saturated carbocycles. The number of sulfonamides is 1. The maximum atomic E-state index is 13.0. The average molecular weight is 369 g/mol. The Balaban J connectivity index is 1.75. The summed E-state index contributed by atoms with van der Waals surface area (Å²) in [6, 6.07) is 10.7. The fraction of sp³-hybridized carbons (Fsp3) is 0.294. The molecule has 0 spiro atoms. The summed E-state index contributed by atoms with van der Waals surface area (Å²) in [7, 11) is -3.59. The summed E-state index contributed by atoms with van der Waals surface area (Å²) >= 11 is 6.16. The van der Waals surface area contributed by atoms with Gasteiger partial charge in [0, 0.05) is 36.9 Å². The molecule has 1 aliphatic rings. The second-order valence-corrected chi connectivity index (χ2v) is 8.07. The topological polar surface area (TPSA) is 40.6 Å². The van der Waals surface area contributed by atoms with Gasteiger partial charge in [0.1, 0.15) is 5.82 Å². The highest BCUT2D eigenvalue weighted by Crippen LogP contribution is 2.28. The van der Waals surface area contributed by atoms with Crippen LogP contribution in [0.1, 0.15) is 5.56 Å². The van der Waals surface area contributed by atoms with Crippen molar-refractivity contribution in [3.63, 3.8) is 0 Å². The molecule has 0 atom stereocenters. The molecule has 128 valence electrons. The van der Waals surface area contributed by atoms with Crippen molar-refractivity contribution < 1.29 is 12.8 Å². The largest absolute Gasteiger partial charge is 0.369 e. The molecule has 1 heterocycles. The van der Waals surface area contributed by atoms with E-state index in [2.05, 4.69) is 4.90 Å². The SMILES string of the molecule is Cc1c(Cl)cccc1N1CCN(S(=O)(=O)c2ccc(F)cc2)CC1. The summed E-state index contributed by atoms with van der Waals surface area (Å²) in [4.78, 5) is 2.26. The van der Waals surface area contributed by atoms with Crippen LogP contribution in [-0.2, 0) is 10.0 Å². The summed E-state index contributed by atoms with van der Waals surface area (Å²) in [6.45, 7) is 3.89. The Kier molecular flexibility index (Phi) is 4.80. The summed E-state index contributed by atoms with van der Waals surface area (Å²) in [6.07, 6.45) is 0. The fourth-order valence-corrected chi connectivity index (χ4v) is 4.46. The van der Waals surface area contributed by atoms with Gasteiger partial charge in [0.15, 0.2) is 0 Å². The van der Waals surface area contributed by atoms with E-state index in [0.717, 1.165) is 11.3 Å². The molecule has 3 rings (SSSR count). The molecule has 24 heavy (non-hydrogen) atoms. The van der Waals surface area contributed by atoms with E-state index in [-0.39, 0.29) is 4.90 Å². The molecular weight excluding hydrogens is 351 g/mol. The molecule has 0 unspecified atom stereocenters. The first-order valence-corrected chi connectivity index (χ1v) is 9.47. The third-order valence-electron chi connectivity index (χ3n) is 4.27. The van der Waals surface area contributed by atoms with E-state index in [4.69, 9.17) is 11.6 Å². The molecular formula is C17H18ClFN2O2S. The Hall–Kier alpha value is -1.63. The van der Waals surface area contributed by atoms with Crippen molar-refractivity contribution in [2.45, 2.75) is 11.8 Å². The van der Waals surface area contributed by atoms with Crippen molar-refractivity contribution in [3.8, 4) is 0 Å². The zero-order chi connectivity index (χ0) is 17.3. The molecule has 0 aromatic heterocycles. The number of rotatable bonds is 3. The van der Waals surface area contributed by atoms with Gasteiger partial charge in [0.05, 0.1) is 4.90 Å². The number of piperazine rings is 1. The van der Waals surface area contributed by atoms with Crippen LogP contribution in [0.4, 0.5) is 10.1 Å². The van der Waals surface area contributed by atoms with Crippen LogP contribution in [-0.4, -0.2) is 38.9 Å². The van der Waals surface area contributed by atoms with E-state index < -0.39 is 15.8 Å². The van der Waals surface area contributed by atoms with Gasteiger partial charge in [0.2, 0.25) is 10.0 Å². The van der Waals surface area contributed by atoms with Gasteiger partial charge in [-0.05, 0) is 48.9 Å². The standard InChI is InChI=1S/C17H18ClFN2O2S/c1-13-16(18)3-2-4-17(13)20-9-11-21(12-10-20)24(22,23)15-7-5-14(19)6-8-15/h2-8H,9-12H2,1H3. The van der Waals surface area contributed by atoms with E-state index in [1.54, 1.807) is 0 Å². The molecule has 0 amide bonds. The molecule has 0 bridgehead atoms. The summed E-state index contributed by atoms with van der Waals surface area (Å²) in [5, 5.41) is 0.703. The average Bonchev–Trinajstić information content (AvgIpc) is 2.58. The quantitative estimate of drug-likeness (QED) is 0.834. The van der Waals surface area contributed by atoms with E-state index in [1.807, 2.05) is 25.1 Å². The molecule has 2 aromatic rings. The summed E-state index contributed by atoms with van der Waals surface area (Å²) in [5.74, 6) is -0.449. The minimum atomic E-state index is -3.59. The number of hydrogen-bond donors (Lipinski definition) is 0. The van der Waals surface area contributed by atoms with Crippen LogP contribution in [0.15, 0.2) is 47.4 Å². The first-order valence-electron chi connectivity index (χ1n) is 7.65. The lowest BCUT2D eigenvalue weighted by Gasteiger charge is -2.36. The van der Waals surface area contributed by atoms with E-state index in [1.165, 1.54) is 28.6 Å². The predicted octanol–water partition coefficient (Wildman–Crippen LogP) is 3.30. The molecule has 4 nitrogen and oxygen atoms in total. The number of benzene rings is 2. The van der Waals surface area contributed by atoms with Gasteiger partial charge >= 0.3 is 0 Å². The van der Waals surface area contributed by atoms with Gasteiger partial charge in [-0.15, -0.1) is 0 Å². The van der Waals surface area contributed by atoms with Gasteiger partial charge < -0.3 is 4.90 Å². The summed E-state index contributed by atoms with van der Waals surface area (Å²) in [5.41, 5.74) is 2.02. The van der Waals surface area contributed by atoms with E-state index >= 15 is 0 Å². The number of hydrogen-bond acceptors (Lipinski definition) is 3. The van der Waals surface area contributed by atoms with Crippen molar-refractivity contribution in [1.29, 1.82) is 0 Å². The minimum absolute atomic E-state index is 0.122. The van der Waals surface area contributed by atoms with Crippen molar-refractivity contribution in [1.82, 2.24) is 4.31 Å². The third kappa shape index (κ3) is 3.27. The Labute approximate surface area is 146 Å². The van der Waals surface area contributed by atoms with Crippen molar-refractivity contribution >= 4 is 27.3 Å². The van der Waals surface area contributed by atoms with Crippen molar-refractivity contribution in [2.24, 2.45) is 0 Å². The third-order valence-corrected chi connectivity index (χ3v) is 6.59. The first kappa shape index (κ1) is 17.2. The highest BCUT2D eigenvalue weighted by Gasteiger charge is 2.29. The highest BCUT2D eigenvalue weighted by atomic mass is 35.5. The Bertz CT molecular complexity index is 832. The zero-order valence-electron chi connectivity index (χ0n) is 13.2. The number of anilines is 1. The predicted molar refractivity (Wildman–Crippen MR) is 93.6 cm³/mol. The Morgan fingerprint density at radius 2 is 1.62 bits per heavy atom. The van der Waals surface area contributed by atoms with E-state index in [9.17, 15) is 12.8 Å². The molecule has 7 heteroatoms. The zero-order valence-corrected chi connectivity index (χ0v) is 14.8. The van der Waals surface area contributed by atoms with Crippen molar-refractivity contribution in [3.05, 3.63) is 58.9 Å². The second-order valence-electron chi connectivity index (χ2n) is 5.73. The van der Waals surface area contributed by atoms with Crippen LogP contribution in [0.2, 0.25) is 5.02 Å². The van der Waals surface area contributed by atoms with Gasteiger partial charge in [-0.3, -0.25) is 0 Å². The minimum Gasteiger partial charge on any atom is -0.369 e. The first-order chi connectivity index (χ1) is 11.4. The summed E-state index contributed by atoms with van der Waals surface area (Å²) < 4.78 is 39.7. The van der Waals surface area contributed by atoms with Crippen LogP contribution < -0.4 is 4.90 Å². The lowest BCUT2D eigenvalue weighted by Crippen LogP contribution is -2.48. The van der Waals surface area contributed by atoms with Gasteiger partial charge in [-0.1, -0.05) is 17.7 Å². The molecule has 1 saturated heterocycles. The fourth-order valence-electron chi connectivity index (χ4n) is 2.86. The normalized spacial score (nSPS) is 16.4. The van der Waals surface area contributed by atoms with Crippen LogP contribution in [0.5, 0.6) is 0 Å². The van der Waals surface area contributed by atoms with Gasteiger partial charge in [0.25, 0.3) is 0 Å². The maximum Gasteiger partial charge on any atom is 0.243 e.